The van der Waals surface area contributed by atoms with Crippen LogP contribution >= 0.6 is 0 Å². The van der Waals surface area contributed by atoms with E-state index in [1.54, 1.807) is 27.7 Å². The van der Waals surface area contributed by atoms with Crippen LogP contribution in [0.1, 0.15) is 27.7 Å². The van der Waals surface area contributed by atoms with Gasteiger partial charge in [-0.3, -0.25) is 0 Å². The summed E-state index contributed by atoms with van der Waals surface area (Å²) in [5.74, 6) is -1.23. The lowest BCUT2D eigenvalue weighted by atomic mass is 10.2. The molecule has 0 aromatic carbocycles. The maximum atomic E-state index is 11.8. The molecule has 0 fully saturated rings. The van der Waals surface area contributed by atoms with Gasteiger partial charge in [0.1, 0.15) is 18.3 Å². The Bertz CT molecular complexity index is 519. The highest BCUT2D eigenvalue weighted by molar-refractivity contribution is 6.36. The van der Waals surface area contributed by atoms with Gasteiger partial charge in [-0.1, -0.05) is 5.16 Å². The van der Waals surface area contributed by atoms with Crippen molar-refractivity contribution in [2.75, 3.05) is 13.2 Å². The van der Waals surface area contributed by atoms with E-state index in [0.717, 1.165) is 0 Å². The number of aromatic nitrogens is 3. The molecule has 0 saturated heterocycles. The molecule has 9 nitrogen and oxygen atoms in total. The van der Waals surface area contributed by atoms with Crippen molar-refractivity contribution >= 4 is 17.7 Å². The van der Waals surface area contributed by atoms with E-state index >= 15 is 0 Å². The molecule has 1 rings (SSSR count). The molecule has 0 bridgehead atoms. The first-order valence-corrected chi connectivity index (χ1v) is 6.72. The summed E-state index contributed by atoms with van der Waals surface area (Å²) in [4.78, 5) is 31.9. The molecule has 9 heteroatoms. The Morgan fingerprint density at radius 3 is 2.59 bits per heavy atom. The molecule has 1 aromatic heterocycles. The van der Waals surface area contributed by atoms with Crippen LogP contribution in [-0.2, 0) is 30.4 Å². The van der Waals surface area contributed by atoms with E-state index in [4.69, 9.17) is 14.3 Å². The number of hydrogen-bond acceptors (Lipinski definition) is 8. The maximum Gasteiger partial charge on any atom is 0.358 e. The van der Waals surface area contributed by atoms with E-state index in [-0.39, 0.29) is 18.9 Å². The molecule has 0 aliphatic carbocycles. The minimum atomic E-state index is -0.651. The van der Waals surface area contributed by atoms with E-state index in [1.165, 1.54) is 17.3 Å². The predicted octanol–water partition coefficient (Wildman–Crippen LogP) is 0.555. The van der Waals surface area contributed by atoms with E-state index < -0.39 is 24.1 Å². The number of ether oxygens (including phenoxy) is 2. The topological polar surface area (TPSA) is 105 Å². The van der Waals surface area contributed by atoms with E-state index in [0.29, 0.717) is 0 Å². The zero-order valence-corrected chi connectivity index (χ0v) is 13.1. The Morgan fingerprint density at radius 2 is 2.05 bits per heavy atom. The Hall–Kier alpha value is -2.45. The number of nitrogens with zero attached hydrogens (tertiary/aromatic N) is 4. The third-order valence-electron chi connectivity index (χ3n) is 2.07. The molecule has 0 aliphatic heterocycles. The third-order valence-corrected chi connectivity index (χ3v) is 2.07. The van der Waals surface area contributed by atoms with Crippen LogP contribution in [0.25, 0.3) is 0 Å². The Balaban J connectivity index is 2.62. The van der Waals surface area contributed by atoms with Gasteiger partial charge in [0, 0.05) is 0 Å². The number of carbonyl (C=O) groups excluding carboxylic acids is 2. The van der Waals surface area contributed by atoms with Crippen molar-refractivity contribution in [3.05, 3.63) is 12.7 Å². The third kappa shape index (κ3) is 6.82. The minimum Gasteiger partial charge on any atom is -0.461 e. The van der Waals surface area contributed by atoms with Crippen molar-refractivity contribution in [3.8, 4) is 0 Å². The van der Waals surface area contributed by atoms with Crippen LogP contribution in [0.4, 0.5) is 0 Å². The van der Waals surface area contributed by atoms with Gasteiger partial charge in [-0.2, -0.15) is 5.10 Å². The lowest BCUT2D eigenvalue weighted by molar-refractivity contribution is -0.160. The highest BCUT2D eigenvalue weighted by Crippen LogP contribution is 2.06. The van der Waals surface area contributed by atoms with Gasteiger partial charge in [-0.05, 0) is 27.7 Å². The lowest BCUT2D eigenvalue weighted by Crippen LogP contribution is -2.27. The van der Waals surface area contributed by atoms with Crippen molar-refractivity contribution in [1.82, 2.24) is 14.8 Å². The fraction of sp³-hybridized carbons (Fsp3) is 0.615. The fourth-order valence-corrected chi connectivity index (χ4v) is 1.35. The molecule has 0 N–H and O–H groups in total. The van der Waals surface area contributed by atoms with Crippen molar-refractivity contribution < 1.29 is 23.9 Å². The SMILES string of the molecule is CCOC(=O)/C(Cn1cncn1)=N\OCC(=O)OC(C)(C)C. The quantitative estimate of drug-likeness (QED) is 0.411. The lowest BCUT2D eigenvalue weighted by Gasteiger charge is -2.18. The summed E-state index contributed by atoms with van der Waals surface area (Å²) in [5, 5.41) is 7.50. The zero-order chi connectivity index (χ0) is 16.6. The molecule has 0 saturated carbocycles. The van der Waals surface area contributed by atoms with Crippen LogP contribution in [0.5, 0.6) is 0 Å². The van der Waals surface area contributed by atoms with Crippen LogP contribution in [0.2, 0.25) is 0 Å². The number of rotatable bonds is 7. The van der Waals surface area contributed by atoms with Gasteiger partial charge in [0.15, 0.2) is 5.71 Å². The second-order valence-corrected chi connectivity index (χ2v) is 5.21. The second-order valence-electron chi connectivity index (χ2n) is 5.21. The summed E-state index contributed by atoms with van der Waals surface area (Å²) in [6.07, 6.45) is 2.74. The summed E-state index contributed by atoms with van der Waals surface area (Å²) in [6.45, 7) is 6.70. The molecule has 0 radical (unpaired) electrons. The largest absolute Gasteiger partial charge is 0.461 e. The molecule has 0 atom stereocenters. The molecule has 122 valence electrons. The Labute approximate surface area is 128 Å². The molecule has 1 heterocycles. The molecule has 0 spiro atoms. The average Bonchev–Trinajstić information content (AvgIpc) is 2.88. The normalized spacial score (nSPS) is 11.9. The van der Waals surface area contributed by atoms with Gasteiger partial charge in [-0.15, -0.1) is 0 Å². The maximum absolute atomic E-state index is 11.8. The van der Waals surface area contributed by atoms with Crippen molar-refractivity contribution in [2.45, 2.75) is 39.8 Å². The van der Waals surface area contributed by atoms with Crippen LogP contribution in [0.3, 0.4) is 0 Å². The smallest absolute Gasteiger partial charge is 0.358 e. The summed E-state index contributed by atoms with van der Waals surface area (Å²) in [5.41, 5.74) is -0.648. The van der Waals surface area contributed by atoms with E-state index in [2.05, 4.69) is 15.2 Å². The molecule has 0 amide bonds. The Morgan fingerprint density at radius 1 is 1.32 bits per heavy atom. The van der Waals surface area contributed by atoms with Crippen LogP contribution in [0.15, 0.2) is 17.8 Å². The van der Waals surface area contributed by atoms with Crippen molar-refractivity contribution in [3.63, 3.8) is 0 Å². The number of hydrogen-bond donors (Lipinski definition) is 0. The number of carbonyl (C=O) groups is 2. The van der Waals surface area contributed by atoms with E-state index in [9.17, 15) is 9.59 Å². The summed E-state index contributed by atoms with van der Waals surface area (Å²) >= 11 is 0. The summed E-state index contributed by atoms with van der Waals surface area (Å²) in [7, 11) is 0. The van der Waals surface area contributed by atoms with Crippen LogP contribution in [0, 0.1) is 0 Å². The predicted molar refractivity (Wildman–Crippen MR) is 75.9 cm³/mol. The van der Waals surface area contributed by atoms with Gasteiger partial charge in [0.25, 0.3) is 0 Å². The Kier molecular flexibility index (Phi) is 6.48. The molecule has 0 aliphatic rings. The molecule has 1 aromatic rings. The average molecular weight is 312 g/mol. The molecular weight excluding hydrogens is 292 g/mol. The van der Waals surface area contributed by atoms with Gasteiger partial charge in [0.2, 0.25) is 6.61 Å². The second kappa shape index (κ2) is 8.11. The zero-order valence-electron chi connectivity index (χ0n) is 13.1. The first-order valence-electron chi connectivity index (χ1n) is 6.72. The highest BCUT2D eigenvalue weighted by Gasteiger charge is 2.18. The first-order chi connectivity index (χ1) is 10.3. The van der Waals surface area contributed by atoms with Gasteiger partial charge >= 0.3 is 11.9 Å². The molecular formula is C13H20N4O5. The van der Waals surface area contributed by atoms with Crippen LogP contribution < -0.4 is 0 Å². The number of esters is 2. The van der Waals surface area contributed by atoms with Crippen LogP contribution in [-0.4, -0.2) is 51.2 Å². The monoisotopic (exact) mass is 312 g/mol. The standard InChI is InChI=1S/C13H20N4O5/c1-5-20-12(19)10(6-17-9-14-8-15-17)16-21-7-11(18)22-13(2,3)4/h8-9H,5-7H2,1-4H3/b16-10-. The first kappa shape index (κ1) is 17.6. The molecule has 22 heavy (non-hydrogen) atoms. The summed E-state index contributed by atoms with van der Waals surface area (Å²) < 4.78 is 11.3. The fourth-order valence-electron chi connectivity index (χ4n) is 1.35. The minimum absolute atomic E-state index is 0.0210. The van der Waals surface area contributed by atoms with Crippen molar-refractivity contribution in [1.29, 1.82) is 0 Å². The van der Waals surface area contributed by atoms with Gasteiger partial charge in [-0.25, -0.2) is 19.3 Å². The number of oxime groups is 1. The van der Waals surface area contributed by atoms with Gasteiger partial charge in [0.05, 0.1) is 13.2 Å². The van der Waals surface area contributed by atoms with Crippen molar-refractivity contribution in [2.24, 2.45) is 5.16 Å². The van der Waals surface area contributed by atoms with Gasteiger partial charge < -0.3 is 14.3 Å². The molecule has 0 unspecified atom stereocenters. The van der Waals surface area contributed by atoms with E-state index in [1.807, 2.05) is 0 Å². The summed E-state index contributed by atoms with van der Waals surface area (Å²) in [6, 6.07) is 0. The highest BCUT2D eigenvalue weighted by atomic mass is 16.7.